The Morgan fingerprint density at radius 2 is 1.90 bits per heavy atom. The van der Waals surface area contributed by atoms with E-state index in [1.807, 2.05) is 6.07 Å². The molecule has 0 radical (unpaired) electrons. The summed E-state index contributed by atoms with van der Waals surface area (Å²) in [6.07, 6.45) is 4.71. The van der Waals surface area contributed by atoms with Crippen molar-refractivity contribution in [1.29, 1.82) is 0 Å². The van der Waals surface area contributed by atoms with E-state index in [2.05, 4.69) is 46.4 Å². The van der Waals surface area contributed by atoms with Gasteiger partial charge in [0.15, 0.2) is 0 Å². The first-order chi connectivity index (χ1) is 9.72. The maximum atomic E-state index is 4.58. The van der Waals surface area contributed by atoms with Crippen molar-refractivity contribution in [2.45, 2.75) is 45.6 Å². The number of hydrogen-bond donors (Lipinski definition) is 2. The summed E-state index contributed by atoms with van der Waals surface area (Å²) in [6, 6.07) is 2.81. The fourth-order valence-corrected chi connectivity index (χ4v) is 2.25. The Hall–Kier alpha value is -1.36. The first-order valence-corrected chi connectivity index (χ1v) is 7.78. The average Bonchev–Trinajstić information content (AvgIpc) is 3.23. The van der Waals surface area contributed by atoms with Crippen molar-refractivity contribution < 1.29 is 0 Å². The van der Waals surface area contributed by atoms with Crippen LogP contribution in [0.5, 0.6) is 0 Å². The van der Waals surface area contributed by atoms with E-state index < -0.39 is 0 Å². The Balaban J connectivity index is 1.90. The summed E-state index contributed by atoms with van der Waals surface area (Å²) in [5.41, 5.74) is 0. The van der Waals surface area contributed by atoms with Crippen LogP contribution in [0.1, 0.15) is 38.9 Å². The Morgan fingerprint density at radius 3 is 2.50 bits per heavy atom. The molecule has 1 fully saturated rings. The molecule has 0 atom stereocenters. The van der Waals surface area contributed by atoms with E-state index in [1.165, 1.54) is 12.8 Å². The first kappa shape index (κ1) is 15.0. The highest BCUT2D eigenvalue weighted by molar-refractivity contribution is 5.47. The molecule has 0 saturated heterocycles. The fourth-order valence-electron chi connectivity index (χ4n) is 2.25. The van der Waals surface area contributed by atoms with Crippen LogP contribution in [0, 0.1) is 0 Å². The minimum absolute atomic E-state index is 0.815. The second-order valence-electron chi connectivity index (χ2n) is 5.47. The lowest BCUT2D eigenvalue weighted by Crippen LogP contribution is -2.27. The quantitative estimate of drug-likeness (QED) is 0.726. The van der Waals surface area contributed by atoms with Gasteiger partial charge in [0, 0.05) is 38.2 Å². The summed E-state index contributed by atoms with van der Waals surface area (Å²) in [6.45, 7) is 7.11. The standard InChI is InChI=1S/C15H27N5/c1-4-6-13-18-14(16-5-2)11-15(19-13)17-9-10-20(3)12-7-8-12/h11-12H,4-10H2,1-3H3,(H2,16,17,18,19). The highest BCUT2D eigenvalue weighted by Gasteiger charge is 2.25. The van der Waals surface area contributed by atoms with Crippen molar-refractivity contribution in [3.8, 4) is 0 Å². The number of likely N-dealkylation sites (N-methyl/N-ethyl adjacent to an activating group) is 1. The van der Waals surface area contributed by atoms with Gasteiger partial charge in [0.05, 0.1) is 0 Å². The van der Waals surface area contributed by atoms with Gasteiger partial charge >= 0.3 is 0 Å². The van der Waals surface area contributed by atoms with Crippen LogP contribution >= 0.6 is 0 Å². The number of rotatable bonds is 9. The van der Waals surface area contributed by atoms with E-state index in [9.17, 15) is 0 Å². The van der Waals surface area contributed by atoms with E-state index in [0.29, 0.717) is 0 Å². The van der Waals surface area contributed by atoms with Gasteiger partial charge < -0.3 is 15.5 Å². The molecule has 5 nitrogen and oxygen atoms in total. The van der Waals surface area contributed by atoms with Crippen LogP contribution < -0.4 is 10.6 Å². The molecule has 20 heavy (non-hydrogen) atoms. The highest BCUT2D eigenvalue weighted by atomic mass is 15.2. The largest absolute Gasteiger partial charge is 0.370 e. The molecular weight excluding hydrogens is 250 g/mol. The summed E-state index contributed by atoms with van der Waals surface area (Å²) in [7, 11) is 2.20. The number of aryl methyl sites for hydroxylation is 1. The van der Waals surface area contributed by atoms with Crippen molar-refractivity contribution in [3.63, 3.8) is 0 Å². The summed E-state index contributed by atoms with van der Waals surface area (Å²) >= 11 is 0. The van der Waals surface area contributed by atoms with Gasteiger partial charge in [-0.2, -0.15) is 0 Å². The topological polar surface area (TPSA) is 53.1 Å². The van der Waals surface area contributed by atoms with Crippen molar-refractivity contribution in [2.75, 3.05) is 37.3 Å². The van der Waals surface area contributed by atoms with Gasteiger partial charge in [-0.25, -0.2) is 9.97 Å². The minimum atomic E-state index is 0.815. The second-order valence-corrected chi connectivity index (χ2v) is 5.47. The molecule has 1 saturated carbocycles. The van der Waals surface area contributed by atoms with Crippen molar-refractivity contribution in [2.24, 2.45) is 0 Å². The molecule has 2 rings (SSSR count). The molecular formula is C15H27N5. The van der Waals surface area contributed by atoms with E-state index >= 15 is 0 Å². The number of nitrogens with zero attached hydrogens (tertiary/aromatic N) is 3. The molecule has 112 valence electrons. The fraction of sp³-hybridized carbons (Fsp3) is 0.733. The van der Waals surface area contributed by atoms with Gasteiger partial charge in [-0.3, -0.25) is 0 Å². The van der Waals surface area contributed by atoms with Crippen LogP contribution in [0.25, 0.3) is 0 Å². The number of aromatic nitrogens is 2. The van der Waals surface area contributed by atoms with Gasteiger partial charge in [0.1, 0.15) is 17.5 Å². The predicted octanol–water partition coefficient (Wildman–Crippen LogP) is 2.37. The van der Waals surface area contributed by atoms with Gasteiger partial charge in [-0.1, -0.05) is 6.92 Å². The lowest BCUT2D eigenvalue weighted by Gasteiger charge is -2.16. The van der Waals surface area contributed by atoms with Gasteiger partial charge in [-0.15, -0.1) is 0 Å². The van der Waals surface area contributed by atoms with E-state index in [4.69, 9.17) is 0 Å². The molecule has 0 spiro atoms. The molecule has 0 bridgehead atoms. The molecule has 0 aliphatic heterocycles. The lowest BCUT2D eigenvalue weighted by atomic mass is 10.3. The number of anilines is 2. The molecule has 1 heterocycles. The zero-order valence-electron chi connectivity index (χ0n) is 12.9. The van der Waals surface area contributed by atoms with E-state index in [1.54, 1.807) is 0 Å². The van der Waals surface area contributed by atoms with Crippen LogP contribution in [0.3, 0.4) is 0 Å². The van der Waals surface area contributed by atoms with Gasteiger partial charge in [0.25, 0.3) is 0 Å². The lowest BCUT2D eigenvalue weighted by molar-refractivity contribution is 0.337. The maximum Gasteiger partial charge on any atom is 0.133 e. The smallest absolute Gasteiger partial charge is 0.133 e. The molecule has 0 aromatic carbocycles. The third-order valence-electron chi connectivity index (χ3n) is 3.54. The van der Waals surface area contributed by atoms with Crippen LogP contribution in [0.4, 0.5) is 11.6 Å². The monoisotopic (exact) mass is 277 g/mol. The molecule has 1 aromatic rings. The predicted molar refractivity (Wildman–Crippen MR) is 84.3 cm³/mol. The first-order valence-electron chi connectivity index (χ1n) is 7.78. The summed E-state index contributed by atoms with van der Waals surface area (Å²) in [5.74, 6) is 2.77. The molecule has 0 amide bonds. The van der Waals surface area contributed by atoms with Gasteiger partial charge in [0.2, 0.25) is 0 Å². The minimum Gasteiger partial charge on any atom is -0.370 e. The maximum absolute atomic E-state index is 4.58. The van der Waals surface area contributed by atoms with Crippen molar-refractivity contribution in [3.05, 3.63) is 11.9 Å². The summed E-state index contributed by atoms with van der Waals surface area (Å²) in [4.78, 5) is 11.5. The third-order valence-corrected chi connectivity index (χ3v) is 3.54. The Morgan fingerprint density at radius 1 is 1.20 bits per heavy atom. The molecule has 1 aliphatic rings. The van der Waals surface area contributed by atoms with Crippen molar-refractivity contribution >= 4 is 11.6 Å². The third kappa shape index (κ3) is 4.63. The molecule has 2 N–H and O–H groups in total. The second kappa shape index (κ2) is 7.43. The van der Waals surface area contributed by atoms with Crippen LogP contribution in [-0.4, -0.2) is 47.6 Å². The molecule has 0 unspecified atom stereocenters. The highest BCUT2D eigenvalue weighted by Crippen LogP contribution is 2.24. The zero-order chi connectivity index (χ0) is 14.4. The molecule has 5 heteroatoms. The normalized spacial score (nSPS) is 14.6. The van der Waals surface area contributed by atoms with Crippen molar-refractivity contribution in [1.82, 2.24) is 14.9 Å². The van der Waals surface area contributed by atoms with Crippen LogP contribution in [-0.2, 0) is 6.42 Å². The average molecular weight is 277 g/mol. The number of nitrogens with one attached hydrogen (secondary N) is 2. The number of hydrogen-bond acceptors (Lipinski definition) is 5. The zero-order valence-corrected chi connectivity index (χ0v) is 12.9. The van der Waals surface area contributed by atoms with Gasteiger partial charge in [-0.05, 0) is 33.2 Å². The Labute approximate surface area is 122 Å². The van der Waals surface area contributed by atoms with E-state index in [0.717, 1.165) is 56.0 Å². The summed E-state index contributed by atoms with van der Waals surface area (Å²) in [5, 5.41) is 6.70. The van der Waals surface area contributed by atoms with Crippen LogP contribution in [0.2, 0.25) is 0 Å². The Kier molecular flexibility index (Phi) is 5.59. The Bertz CT molecular complexity index is 392. The SMILES string of the molecule is CCCc1nc(NCC)cc(NCCN(C)C2CC2)n1. The van der Waals surface area contributed by atoms with Crippen LogP contribution in [0.15, 0.2) is 6.07 Å². The molecule has 1 aromatic heterocycles. The summed E-state index contributed by atoms with van der Waals surface area (Å²) < 4.78 is 0. The van der Waals surface area contributed by atoms with E-state index in [-0.39, 0.29) is 0 Å². The molecule has 1 aliphatic carbocycles.